The fourth-order valence-electron chi connectivity index (χ4n) is 5.45. The Morgan fingerprint density at radius 2 is 1.93 bits per heavy atom. The average Bonchev–Trinajstić information content (AvgIpc) is 3.39. The smallest absolute Gasteiger partial charge is 0.239 e. The zero-order valence-electron chi connectivity index (χ0n) is 17.2. The number of aromatic nitrogens is 4. The lowest BCUT2D eigenvalue weighted by Gasteiger charge is -2.46. The Kier molecular flexibility index (Phi) is 4.49. The number of hydrogen-bond donors (Lipinski definition) is 1. The van der Waals surface area contributed by atoms with Crippen LogP contribution in [0.15, 0.2) is 24.8 Å². The quantitative estimate of drug-likeness (QED) is 0.720. The van der Waals surface area contributed by atoms with Gasteiger partial charge in [-0.3, -0.25) is 9.69 Å². The summed E-state index contributed by atoms with van der Waals surface area (Å²) in [6.45, 7) is 4.22. The van der Waals surface area contributed by atoms with Crippen molar-refractivity contribution in [3.63, 3.8) is 0 Å². The van der Waals surface area contributed by atoms with Crippen LogP contribution >= 0.6 is 0 Å². The number of likely N-dealkylation sites (tertiary alicyclic amines) is 2. The fourth-order valence-corrected chi connectivity index (χ4v) is 5.45. The van der Waals surface area contributed by atoms with Crippen LogP contribution in [0.4, 0.5) is 0 Å². The number of amides is 1. The molecule has 3 aromatic rings. The molecule has 0 spiro atoms. The number of piperidine rings is 2. The number of rotatable bonds is 3. The summed E-state index contributed by atoms with van der Waals surface area (Å²) in [7, 11) is 0. The number of ether oxygens (including phenoxy) is 1. The Hall–Kier alpha value is -2.45. The van der Waals surface area contributed by atoms with Crippen LogP contribution in [0.25, 0.3) is 22.1 Å². The SMILES string of the molecule is O=C([C@@H]1CCCCN1C1COC1)N1CCC(n2cnc3cnc4[nH]ccc4c32)CC1. The van der Waals surface area contributed by atoms with Crippen LogP contribution in [0.1, 0.15) is 38.1 Å². The third kappa shape index (κ3) is 2.93. The highest BCUT2D eigenvalue weighted by atomic mass is 16.5. The van der Waals surface area contributed by atoms with Crippen molar-refractivity contribution in [2.24, 2.45) is 0 Å². The molecule has 3 saturated heterocycles. The Bertz CT molecular complexity index is 1060. The highest BCUT2D eigenvalue weighted by Gasteiger charge is 2.39. The molecule has 8 heteroatoms. The molecule has 3 aliphatic rings. The number of imidazole rings is 1. The van der Waals surface area contributed by atoms with Crippen LogP contribution in [0.5, 0.6) is 0 Å². The summed E-state index contributed by atoms with van der Waals surface area (Å²) < 4.78 is 7.69. The van der Waals surface area contributed by atoms with E-state index in [1.165, 1.54) is 6.42 Å². The van der Waals surface area contributed by atoms with Gasteiger partial charge in [0, 0.05) is 30.7 Å². The maximum atomic E-state index is 13.4. The molecule has 3 aliphatic heterocycles. The topological polar surface area (TPSA) is 79.3 Å². The molecule has 6 rings (SSSR count). The molecule has 0 unspecified atom stereocenters. The number of hydrogen-bond acceptors (Lipinski definition) is 5. The highest BCUT2D eigenvalue weighted by molar-refractivity contribution is 6.00. The minimum Gasteiger partial charge on any atom is -0.378 e. The maximum Gasteiger partial charge on any atom is 0.239 e. The van der Waals surface area contributed by atoms with Crippen molar-refractivity contribution in [2.45, 2.75) is 50.2 Å². The molecule has 158 valence electrons. The molecule has 6 heterocycles. The van der Waals surface area contributed by atoms with Crippen LogP contribution in [0.2, 0.25) is 0 Å². The lowest BCUT2D eigenvalue weighted by molar-refractivity contribution is -0.147. The monoisotopic (exact) mass is 408 g/mol. The zero-order chi connectivity index (χ0) is 20.1. The number of carbonyl (C=O) groups is 1. The van der Waals surface area contributed by atoms with Gasteiger partial charge in [-0.2, -0.15) is 0 Å². The molecule has 0 saturated carbocycles. The van der Waals surface area contributed by atoms with Crippen molar-refractivity contribution in [2.75, 3.05) is 32.8 Å². The van der Waals surface area contributed by atoms with Gasteiger partial charge in [0.25, 0.3) is 0 Å². The largest absolute Gasteiger partial charge is 0.378 e. The summed E-state index contributed by atoms with van der Waals surface area (Å²) in [5.74, 6) is 0.327. The van der Waals surface area contributed by atoms with Crippen molar-refractivity contribution in [3.8, 4) is 0 Å². The molecule has 3 fully saturated rings. The molecule has 1 N–H and O–H groups in total. The third-order valence-corrected chi connectivity index (χ3v) is 7.21. The molecule has 0 aromatic carbocycles. The number of nitrogens with one attached hydrogen (secondary N) is 1. The Morgan fingerprint density at radius 1 is 1.07 bits per heavy atom. The molecule has 3 aromatic heterocycles. The van der Waals surface area contributed by atoms with Gasteiger partial charge in [-0.1, -0.05) is 6.42 Å². The van der Waals surface area contributed by atoms with Gasteiger partial charge in [0.2, 0.25) is 5.91 Å². The molecule has 1 amide bonds. The normalized spacial score (nSPS) is 24.5. The van der Waals surface area contributed by atoms with Gasteiger partial charge in [-0.25, -0.2) is 9.97 Å². The van der Waals surface area contributed by atoms with E-state index >= 15 is 0 Å². The number of aromatic amines is 1. The second kappa shape index (κ2) is 7.35. The summed E-state index contributed by atoms with van der Waals surface area (Å²) in [6.07, 6.45) is 11.0. The molecule has 0 bridgehead atoms. The lowest BCUT2D eigenvalue weighted by Crippen LogP contribution is -2.60. The van der Waals surface area contributed by atoms with Crippen molar-refractivity contribution >= 4 is 28.0 Å². The van der Waals surface area contributed by atoms with Crippen molar-refractivity contribution in [1.82, 2.24) is 29.3 Å². The maximum absolute atomic E-state index is 13.4. The molecule has 0 aliphatic carbocycles. The number of pyridine rings is 1. The van der Waals surface area contributed by atoms with Crippen LogP contribution < -0.4 is 0 Å². The lowest BCUT2D eigenvalue weighted by atomic mass is 9.96. The van der Waals surface area contributed by atoms with E-state index in [-0.39, 0.29) is 6.04 Å². The Labute approximate surface area is 175 Å². The highest BCUT2D eigenvalue weighted by Crippen LogP contribution is 2.31. The summed E-state index contributed by atoms with van der Waals surface area (Å²) in [5, 5.41) is 1.11. The number of H-pyrrole nitrogens is 1. The van der Waals surface area contributed by atoms with E-state index in [1.54, 1.807) is 0 Å². The van der Waals surface area contributed by atoms with Gasteiger partial charge in [-0.05, 0) is 38.3 Å². The van der Waals surface area contributed by atoms with Crippen LogP contribution in [-0.4, -0.2) is 80.2 Å². The minimum atomic E-state index is 0.0452. The van der Waals surface area contributed by atoms with Gasteiger partial charge >= 0.3 is 0 Å². The first kappa shape index (κ1) is 18.3. The van der Waals surface area contributed by atoms with E-state index in [9.17, 15) is 4.79 Å². The molecular formula is C22H28N6O2. The van der Waals surface area contributed by atoms with Gasteiger partial charge in [0.05, 0.1) is 43.3 Å². The molecule has 8 nitrogen and oxygen atoms in total. The van der Waals surface area contributed by atoms with Crippen molar-refractivity contribution in [1.29, 1.82) is 0 Å². The Morgan fingerprint density at radius 3 is 2.73 bits per heavy atom. The molecule has 0 radical (unpaired) electrons. The second-order valence-corrected chi connectivity index (χ2v) is 8.88. The van der Waals surface area contributed by atoms with Gasteiger partial charge < -0.3 is 19.2 Å². The first-order chi connectivity index (χ1) is 14.8. The molecule has 1 atom stereocenters. The van der Waals surface area contributed by atoms with E-state index < -0.39 is 0 Å². The van der Waals surface area contributed by atoms with Gasteiger partial charge in [0.15, 0.2) is 0 Å². The van der Waals surface area contributed by atoms with E-state index in [4.69, 9.17) is 4.74 Å². The minimum absolute atomic E-state index is 0.0452. The number of nitrogens with zero attached hydrogens (tertiary/aromatic N) is 5. The van der Waals surface area contributed by atoms with Crippen LogP contribution in [0, 0.1) is 0 Å². The molecule has 30 heavy (non-hydrogen) atoms. The predicted molar refractivity (Wildman–Crippen MR) is 113 cm³/mol. The summed E-state index contributed by atoms with van der Waals surface area (Å²) in [5.41, 5.74) is 2.98. The van der Waals surface area contributed by atoms with Gasteiger partial charge in [0.1, 0.15) is 11.2 Å². The van der Waals surface area contributed by atoms with E-state index in [2.05, 4.69) is 35.4 Å². The first-order valence-corrected chi connectivity index (χ1v) is 11.2. The third-order valence-electron chi connectivity index (χ3n) is 7.21. The van der Waals surface area contributed by atoms with Crippen LogP contribution in [-0.2, 0) is 9.53 Å². The van der Waals surface area contributed by atoms with E-state index in [1.807, 2.05) is 18.7 Å². The fraction of sp³-hybridized carbons (Fsp3) is 0.591. The van der Waals surface area contributed by atoms with Crippen molar-refractivity contribution < 1.29 is 9.53 Å². The van der Waals surface area contributed by atoms with Crippen LogP contribution in [0.3, 0.4) is 0 Å². The second-order valence-electron chi connectivity index (χ2n) is 8.88. The standard InChI is InChI=1S/C22H28N6O2/c29-22(19-3-1-2-8-27(19)16-12-30-13-16)26-9-5-15(6-10-26)28-14-25-18-11-24-21-17(20(18)28)4-7-23-21/h4,7,11,14-16,19H,1-3,5-6,8-10,12-13H2,(H,23,24)/t19-/m0/s1. The summed E-state index contributed by atoms with van der Waals surface area (Å²) in [4.78, 5) is 30.1. The Balaban J connectivity index is 1.18. The van der Waals surface area contributed by atoms with E-state index in [0.29, 0.717) is 18.0 Å². The molecular weight excluding hydrogens is 380 g/mol. The van der Waals surface area contributed by atoms with E-state index in [0.717, 1.165) is 80.6 Å². The number of carbonyl (C=O) groups excluding carboxylic acids is 1. The first-order valence-electron chi connectivity index (χ1n) is 11.2. The number of fused-ring (bicyclic) bond motifs is 3. The predicted octanol–water partition coefficient (Wildman–Crippen LogP) is 2.33. The average molecular weight is 409 g/mol. The zero-order valence-corrected chi connectivity index (χ0v) is 17.2. The van der Waals surface area contributed by atoms with Crippen molar-refractivity contribution in [3.05, 3.63) is 24.8 Å². The summed E-state index contributed by atoms with van der Waals surface area (Å²) >= 11 is 0. The van der Waals surface area contributed by atoms with Gasteiger partial charge in [-0.15, -0.1) is 0 Å². The summed E-state index contributed by atoms with van der Waals surface area (Å²) in [6, 6.07) is 2.92.